The quantitative estimate of drug-likeness (QED) is 0.569. The molecule has 74 valence electrons. The first-order chi connectivity index (χ1) is 6.86. The number of rotatable bonds is 3. The molecule has 2 heterocycles. The van der Waals surface area contributed by atoms with Crippen molar-refractivity contribution in [2.45, 2.75) is 0 Å². The number of thiazole rings is 1. The highest BCUT2D eigenvalue weighted by atomic mass is 32.1. The predicted octanol–water partition coefficient (Wildman–Crippen LogP) is 1.38. The van der Waals surface area contributed by atoms with Gasteiger partial charge in [-0.2, -0.15) is 4.98 Å². The average Bonchev–Trinajstić information content (AvgIpc) is 2.74. The number of fused-ring (bicyclic) bond motifs is 1. The largest absolute Gasteiger partial charge is 0.479 e. The fraction of sp³-hybridized carbons (Fsp3) is 0.250. The Morgan fingerprint density at radius 3 is 3.14 bits per heavy atom. The monoisotopic (exact) mass is 211 g/mol. The van der Waals surface area contributed by atoms with Crippen molar-refractivity contribution in [3.63, 3.8) is 0 Å². The molecule has 0 bridgehead atoms. The van der Waals surface area contributed by atoms with Crippen molar-refractivity contribution < 1.29 is 9.57 Å². The Kier molecular flexibility index (Phi) is 2.36. The van der Waals surface area contributed by atoms with Crippen LogP contribution in [0, 0.1) is 0 Å². The number of imidazole rings is 1. The van der Waals surface area contributed by atoms with Crippen LogP contribution in [-0.2, 0) is 4.84 Å². The van der Waals surface area contributed by atoms with E-state index in [1.165, 1.54) is 7.11 Å². The molecule has 0 aliphatic heterocycles. The van der Waals surface area contributed by atoms with E-state index in [-0.39, 0.29) is 0 Å². The van der Waals surface area contributed by atoms with Gasteiger partial charge in [0.25, 0.3) is 0 Å². The summed E-state index contributed by atoms with van der Waals surface area (Å²) in [6.45, 7) is 0. The van der Waals surface area contributed by atoms with Crippen molar-refractivity contribution in [2.75, 3.05) is 14.2 Å². The number of methoxy groups -OCH3 is 1. The minimum Gasteiger partial charge on any atom is -0.479 e. The maximum absolute atomic E-state index is 5.11. The zero-order chi connectivity index (χ0) is 9.97. The minimum atomic E-state index is 0.553. The predicted molar refractivity (Wildman–Crippen MR) is 54.2 cm³/mol. The number of ether oxygens (including phenoxy) is 1. The summed E-state index contributed by atoms with van der Waals surface area (Å²) in [5, 5.41) is 5.64. The normalized spacial score (nSPS) is 11.3. The number of nitrogens with zero attached hydrogens (tertiary/aromatic N) is 3. The molecule has 6 heteroatoms. The minimum absolute atomic E-state index is 0.553. The Bertz CT molecular complexity index is 460. The van der Waals surface area contributed by atoms with Gasteiger partial charge < -0.3 is 9.57 Å². The number of hydrogen-bond donors (Lipinski definition) is 0. The molecule has 0 atom stereocenters. The average molecular weight is 211 g/mol. The standard InChI is InChI=1S/C8H9N3O2S/c1-12-7-6(5-9-13-2)11-3-4-14-8(11)10-7/h3-5H,1-2H3. The first-order valence-corrected chi connectivity index (χ1v) is 4.81. The van der Waals surface area contributed by atoms with Gasteiger partial charge in [0, 0.05) is 11.6 Å². The Labute approximate surface area is 84.6 Å². The van der Waals surface area contributed by atoms with Crippen molar-refractivity contribution in [3.05, 3.63) is 17.3 Å². The molecule has 0 N–H and O–H groups in total. The molecular formula is C8H9N3O2S. The third-order valence-corrected chi connectivity index (χ3v) is 2.50. The zero-order valence-corrected chi connectivity index (χ0v) is 8.61. The molecular weight excluding hydrogens is 202 g/mol. The van der Waals surface area contributed by atoms with E-state index in [0.29, 0.717) is 5.88 Å². The summed E-state index contributed by atoms with van der Waals surface area (Å²) in [5.41, 5.74) is 0.783. The summed E-state index contributed by atoms with van der Waals surface area (Å²) in [6, 6.07) is 0. The molecule has 5 nitrogen and oxygen atoms in total. The molecule has 0 aliphatic carbocycles. The van der Waals surface area contributed by atoms with E-state index in [1.807, 2.05) is 16.0 Å². The van der Waals surface area contributed by atoms with Crippen LogP contribution in [0.1, 0.15) is 5.69 Å². The highest BCUT2D eigenvalue weighted by Crippen LogP contribution is 2.21. The van der Waals surface area contributed by atoms with Crippen molar-refractivity contribution >= 4 is 22.5 Å². The summed E-state index contributed by atoms with van der Waals surface area (Å²) >= 11 is 1.54. The van der Waals surface area contributed by atoms with Gasteiger partial charge in [0.05, 0.1) is 13.3 Å². The SMILES string of the molecule is CON=Cc1c(OC)nc2sccn12. The summed E-state index contributed by atoms with van der Waals surface area (Å²) in [5.74, 6) is 0.553. The third-order valence-electron chi connectivity index (χ3n) is 1.74. The van der Waals surface area contributed by atoms with Gasteiger partial charge in [-0.1, -0.05) is 5.16 Å². The smallest absolute Gasteiger partial charge is 0.242 e. The molecule has 0 spiro atoms. The Hall–Kier alpha value is -1.56. The lowest BCUT2D eigenvalue weighted by Gasteiger charge is -1.94. The highest BCUT2D eigenvalue weighted by Gasteiger charge is 2.11. The van der Waals surface area contributed by atoms with Crippen LogP contribution in [0.3, 0.4) is 0 Å². The van der Waals surface area contributed by atoms with Crippen molar-refractivity contribution in [2.24, 2.45) is 5.16 Å². The second-order valence-electron chi connectivity index (χ2n) is 2.48. The van der Waals surface area contributed by atoms with Crippen LogP contribution in [0.25, 0.3) is 4.96 Å². The molecule has 2 aromatic heterocycles. The fourth-order valence-electron chi connectivity index (χ4n) is 1.15. The van der Waals surface area contributed by atoms with E-state index in [1.54, 1.807) is 24.7 Å². The van der Waals surface area contributed by atoms with Gasteiger partial charge in [-0.25, -0.2) is 0 Å². The first kappa shape index (κ1) is 9.01. The molecule has 0 aromatic carbocycles. The molecule has 0 radical (unpaired) electrons. The Morgan fingerprint density at radius 2 is 2.43 bits per heavy atom. The van der Waals surface area contributed by atoms with Gasteiger partial charge >= 0.3 is 0 Å². The van der Waals surface area contributed by atoms with Crippen LogP contribution < -0.4 is 4.74 Å². The lowest BCUT2D eigenvalue weighted by Crippen LogP contribution is -1.92. The molecule has 2 aromatic rings. The molecule has 0 fully saturated rings. The van der Waals surface area contributed by atoms with Crippen LogP contribution in [-0.4, -0.2) is 29.8 Å². The summed E-state index contributed by atoms with van der Waals surface area (Å²) in [4.78, 5) is 9.75. The van der Waals surface area contributed by atoms with Gasteiger partial charge in [0.2, 0.25) is 5.88 Å². The van der Waals surface area contributed by atoms with E-state index >= 15 is 0 Å². The van der Waals surface area contributed by atoms with E-state index in [0.717, 1.165) is 10.7 Å². The van der Waals surface area contributed by atoms with E-state index in [4.69, 9.17) is 4.74 Å². The molecule has 14 heavy (non-hydrogen) atoms. The van der Waals surface area contributed by atoms with E-state index < -0.39 is 0 Å². The second-order valence-corrected chi connectivity index (χ2v) is 3.35. The lowest BCUT2D eigenvalue weighted by molar-refractivity contribution is 0.215. The first-order valence-electron chi connectivity index (χ1n) is 3.93. The van der Waals surface area contributed by atoms with Gasteiger partial charge in [-0.15, -0.1) is 11.3 Å². The summed E-state index contributed by atoms with van der Waals surface area (Å²) < 4.78 is 7.01. The maximum Gasteiger partial charge on any atom is 0.242 e. The van der Waals surface area contributed by atoms with Crippen molar-refractivity contribution in [1.29, 1.82) is 0 Å². The number of aromatic nitrogens is 2. The van der Waals surface area contributed by atoms with Crippen molar-refractivity contribution in [1.82, 2.24) is 9.38 Å². The fourth-order valence-corrected chi connectivity index (χ4v) is 1.87. The van der Waals surface area contributed by atoms with E-state index in [9.17, 15) is 0 Å². The topological polar surface area (TPSA) is 48.1 Å². The van der Waals surface area contributed by atoms with E-state index in [2.05, 4.69) is 15.0 Å². The highest BCUT2D eigenvalue weighted by molar-refractivity contribution is 7.15. The van der Waals surface area contributed by atoms with Crippen LogP contribution >= 0.6 is 11.3 Å². The molecule has 0 amide bonds. The zero-order valence-electron chi connectivity index (χ0n) is 7.80. The van der Waals surface area contributed by atoms with Crippen LogP contribution in [0.5, 0.6) is 5.88 Å². The molecule has 0 aliphatic rings. The van der Waals surface area contributed by atoms with Crippen molar-refractivity contribution in [3.8, 4) is 5.88 Å². The molecule has 2 rings (SSSR count). The van der Waals surface area contributed by atoms with Crippen LogP contribution in [0.4, 0.5) is 0 Å². The van der Waals surface area contributed by atoms with Gasteiger partial charge in [0.15, 0.2) is 4.96 Å². The molecule has 0 unspecified atom stereocenters. The van der Waals surface area contributed by atoms with Crippen LogP contribution in [0.2, 0.25) is 0 Å². The van der Waals surface area contributed by atoms with Gasteiger partial charge in [0.1, 0.15) is 12.8 Å². The number of oxime groups is 1. The molecule has 0 saturated carbocycles. The Balaban J connectivity index is 2.55. The van der Waals surface area contributed by atoms with Gasteiger partial charge in [-0.3, -0.25) is 4.40 Å². The molecule has 0 saturated heterocycles. The third kappa shape index (κ3) is 1.33. The van der Waals surface area contributed by atoms with Crippen LogP contribution in [0.15, 0.2) is 16.7 Å². The van der Waals surface area contributed by atoms with Gasteiger partial charge in [-0.05, 0) is 0 Å². The second kappa shape index (κ2) is 3.67. The summed E-state index contributed by atoms with van der Waals surface area (Å²) in [6.07, 6.45) is 3.48. The Morgan fingerprint density at radius 1 is 1.57 bits per heavy atom. The lowest BCUT2D eigenvalue weighted by atomic mass is 10.5. The number of hydrogen-bond acceptors (Lipinski definition) is 5. The summed E-state index contributed by atoms with van der Waals surface area (Å²) in [7, 11) is 3.07. The maximum atomic E-state index is 5.11.